The molecule has 0 aliphatic heterocycles. The molecular formula is C16H21N3O. The number of benzene rings is 1. The van der Waals surface area contributed by atoms with E-state index in [9.17, 15) is 5.11 Å². The average molecular weight is 271 g/mol. The van der Waals surface area contributed by atoms with Crippen molar-refractivity contribution in [2.45, 2.75) is 31.8 Å². The van der Waals surface area contributed by atoms with Gasteiger partial charge in [-0.3, -0.25) is 4.98 Å². The Morgan fingerprint density at radius 3 is 3.00 bits per heavy atom. The van der Waals surface area contributed by atoms with Crippen LogP contribution in [0, 0.1) is 5.92 Å². The molecule has 1 heterocycles. The lowest BCUT2D eigenvalue weighted by Crippen LogP contribution is -2.25. The van der Waals surface area contributed by atoms with Gasteiger partial charge < -0.3 is 16.2 Å². The maximum absolute atomic E-state index is 9.73. The summed E-state index contributed by atoms with van der Waals surface area (Å²) in [6.45, 7) is 0.901. The molecule has 4 heteroatoms. The lowest BCUT2D eigenvalue weighted by Gasteiger charge is -2.26. The van der Waals surface area contributed by atoms with Crippen LogP contribution in [0.15, 0.2) is 30.6 Å². The first-order valence-electron chi connectivity index (χ1n) is 7.28. The lowest BCUT2D eigenvalue weighted by molar-refractivity contribution is 0.105. The summed E-state index contributed by atoms with van der Waals surface area (Å²) in [4.78, 5) is 4.13. The molecule has 1 saturated carbocycles. The Hall–Kier alpha value is -1.81. The van der Waals surface area contributed by atoms with Crippen LogP contribution in [0.2, 0.25) is 0 Å². The van der Waals surface area contributed by atoms with Crippen molar-refractivity contribution < 1.29 is 5.11 Å². The van der Waals surface area contributed by atoms with Gasteiger partial charge >= 0.3 is 0 Å². The molecular weight excluding hydrogens is 250 g/mol. The van der Waals surface area contributed by atoms with Gasteiger partial charge in [0.15, 0.2) is 0 Å². The number of fused-ring (bicyclic) bond motifs is 1. The first-order chi connectivity index (χ1) is 9.74. The van der Waals surface area contributed by atoms with Crippen molar-refractivity contribution in [2.24, 2.45) is 5.92 Å². The van der Waals surface area contributed by atoms with E-state index in [2.05, 4.69) is 10.3 Å². The van der Waals surface area contributed by atoms with E-state index in [1.807, 2.05) is 18.2 Å². The van der Waals surface area contributed by atoms with E-state index >= 15 is 0 Å². The molecule has 2 unspecified atom stereocenters. The highest BCUT2D eigenvalue weighted by Gasteiger charge is 2.20. The quantitative estimate of drug-likeness (QED) is 0.751. The summed E-state index contributed by atoms with van der Waals surface area (Å²) < 4.78 is 0. The summed E-state index contributed by atoms with van der Waals surface area (Å²) in [5.74, 6) is 0.549. The van der Waals surface area contributed by atoms with Crippen LogP contribution in [0.3, 0.4) is 0 Å². The van der Waals surface area contributed by atoms with E-state index in [0.29, 0.717) is 5.92 Å². The van der Waals surface area contributed by atoms with Gasteiger partial charge in [0, 0.05) is 41.1 Å². The highest BCUT2D eigenvalue weighted by atomic mass is 16.3. The summed E-state index contributed by atoms with van der Waals surface area (Å²) in [5.41, 5.74) is 7.83. The predicted molar refractivity (Wildman–Crippen MR) is 82.6 cm³/mol. The van der Waals surface area contributed by atoms with Crippen molar-refractivity contribution in [2.75, 3.05) is 17.6 Å². The normalized spacial score (nSPS) is 22.9. The van der Waals surface area contributed by atoms with Crippen LogP contribution in [0.25, 0.3) is 10.8 Å². The van der Waals surface area contributed by atoms with Crippen molar-refractivity contribution in [1.82, 2.24) is 4.98 Å². The molecule has 0 radical (unpaired) electrons. The van der Waals surface area contributed by atoms with E-state index in [1.165, 1.54) is 6.42 Å². The van der Waals surface area contributed by atoms with Gasteiger partial charge in [-0.05, 0) is 43.4 Å². The average Bonchev–Trinajstić information content (AvgIpc) is 2.47. The number of aliphatic hydroxyl groups excluding tert-OH is 1. The Kier molecular flexibility index (Phi) is 3.74. The second-order valence-corrected chi connectivity index (χ2v) is 5.69. The number of aromatic nitrogens is 1. The van der Waals surface area contributed by atoms with Gasteiger partial charge in [0.25, 0.3) is 0 Å². The number of hydrogen-bond donors (Lipinski definition) is 3. The molecule has 3 rings (SSSR count). The van der Waals surface area contributed by atoms with Gasteiger partial charge in [-0.2, -0.15) is 0 Å². The van der Waals surface area contributed by atoms with E-state index < -0.39 is 0 Å². The minimum absolute atomic E-state index is 0.122. The van der Waals surface area contributed by atoms with Crippen LogP contribution in [0.4, 0.5) is 11.4 Å². The number of nitrogens with zero attached hydrogens (tertiary/aromatic N) is 1. The van der Waals surface area contributed by atoms with Gasteiger partial charge in [-0.1, -0.05) is 6.42 Å². The molecule has 1 aliphatic carbocycles. The molecule has 106 valence electrons. The fourth-order valence-corrected chi connectivity index (χ4v) is 3.07. The summed E-state index contributed by atoms with van der Waals surface area (Å²) in [6.07, 6.45) is 7.65. The van der Waals surface area contributed by atoms with Gasteiger partial charge in [0.05, 0.1) is 6.10 Å². The topological polar surface area (TPSA) is 71.2 Å². The smallest absolute Gasteiger partial charge is 0.0543 e. The SMILES string of the molecule is Nc1ccc(NCC2CCCC(O)C2)c2ccncc12. The molecule has 1 aliphatic rings. The van der Waals surface area contributed by atoms with Gasteiger partial charge in [0.2, 0.25) is 0 Å². The zero-order valence-corrected chi connectivity index (χ0v) is 11.5. The van der Waals surface area contributed by atoms with E-state index in [1.54, 1.807) is 12.4 Å². The number of aliphatic hydroxyl groups is 1. The molecule has 0 spiro atoms. The first-order valence-corrected chi connectivity index (χ1v) is 7.28. The summed E-state index contributed by atoms with van der Waals surface area (Å²) in [5, 5.41) is 15.3. The maximum Gasteiger partial charge on any atom is 0.0543 e. The van der Waals surface area contributed by atoms with E-state index in [4.69, 9.17) is 5.73 Å². The third-order valence-electron chi connectivity index (χ3n) is 4.19. The molecule has 0 amide bonds. The standard InChI is InChI=1S/C16H21N3O/c17-15-4-5-16(13-6-7-18-10-14(13)15)19-9-11-2-1-3-12(20)8-11/h4-7,10-12,19-20H,1-3,8-9,17H2. The second kappa shape index (κ2) is 5.67. The summed E-state index contributed by atoms with van der Waals surface area (Å²) in [7, 11) is 0. The zero-order valence-electron chi connectivity index (χ0n) is 11.5. The van der Waals surface area contributed by atoms with Gasteiger partial charge in [-0.25, -0.2) is 0 Å². The predicted octanol–water partition coefficient (Wildman–Crippen LogP) is 2.78. The molecule has 1 fully saturated rings. The Balaban J connectivity index is 1.76. The summed E-state index contributed by atoms with van der Waals surface area (Å²) in [6, 6.07) is 5.93. The maximum atomic E-state index is 9.73. The summed E-state index contributed by atoms with van der Waals surface area (Å²) >= 11 is 0. The van der Waals surface area contributed by atoms with E-state index in [0.717, 1.165) is 48.0 Å². The molecule has 2 aromatic rings. The monoisotopic (exact) mass is 271 g/mol. The van der Waals surface area contributed by atoms with Crippen molar-refractivity contribution in [3.8, 4) is 0 Å². The van der Waals surface area contributed by atoms with Gasteiger partial charge in [0.1, 0.15) is 0 Å². The van der Waals surface area contributed by atoms with E-state index in [-0.39, 0.29) is 6.10 Å². The fourth-order valence-electron chi connectivity index (χ4n) is 3.07. The van der Waals surface area contributed by atoms with Crippen molar-refractivity contribution >= 4 is 22.1 Å². The third-order valence-corrected chi connectivity index (χ3v) is 4.19. The Morgan fingerprint density at radius 2 is 2.15 bits per heavy atom. The number of nitrogens with one attached hydrogen (secondary N) is 1. The van der Waals surface area contributed by atoms with Crippen LogP contribution in [-0.2, 0) is 0 Å². The van der Waals surface area contributed by atoms with Crippen LogP contribution in [-0.4, -0.2) is 22.7 Å². The van der Waals surface area contributed by atoms with Crippen LogP contribution < -0.4 is 11.1 Å². The Bertz CT molecular complexity index is 599. The highest BCUT2D eigenvalue weighted by Crippen LogP contribution is 2.29. The molecule has 2 atom stereocenters. The third kappa shape index (κ3) is 2.70. The molecule has 4 nitrogen and oxygen atoms in total. The number of pyridine rings is 1. The zero-order chi connectivity index (χ0) is 13.9. The molecule has 1 aromatic heterocycles. The lowest BCUT2D eigenvalue weighted by atomic mass is 9.87. The largest absolute Gasteiger partial charge is 0.398 e. The minimum atomic E-state index is -0.122. The first kappa shape index (κ1) is 13.2. The number of nitrogens with two attached hydrogens (primary N) is 1. The number of nitrogen functional groups attached to an aromatic ring is 1. The molecule has 20 heavy (non-hydrogen) atoms. The number of anilines is 2. The van der Waals surface area contributed by atoms with Crippen LogP contribution in [0.1, 0.15) is 25.7 Å². The van der Waals surface area contributed by atoms with Crippen LogP contribution >= 0.6 is 0 Å². The minimum Gasteiger partial charge on any atom is -0.398 e. The Labute approximate surface area is 119 Å². The van der Waals surface area contributed by atoms with Crippen molar-refractivity contribution in [3.63, 3.8) is 0 Å². The number of hydrogen-bond acceptors (Lipinski definition) is 4. The highest BCUT2D eigenvalue weighted by molar-refractivity contribution is 6.00. The van der Waals surface area contributed by atoms with Crippen LogP contribution in [0.5, 0.6) is 0 Å². The van der Waals surface area contributed by atoms with Crippen molar-refractivity contribution in [1.29, 1.82) is 0 Å². The van der Waals surface area contributed by atoms with Crippen molar-refractivity contribution in [3.05, 3.63) is 30.6 Å². The van der Waals surface area contributed by atoms with Gasteiger partial charge in [-0.15, -0.1) is 0 Å². The Morgan fingerprint density at radius 1 is 1.25 bits per heavy atom. The molecule has 1 aromatic carbocycles. The number of rotatable bonds is 3. The fraction of sp³-hybridized carbons (Fsp3) is 0.438. The molecule has 0 saturated heterocycles. The second-order valence-electron chi connectivity index (χ2n) is 5.69. The molecule has 4 N–H and O–H groups in total. The molecule has 0 bridgehead atoms.